The van der Waals surface area contributed by atoms with Crippen LogP contribution in [0.5, 0.6) is 0 Å². The van der Waals surface area contributed by atoms with E-state index in [4.69, 9.17) is 11.6 Å². The van der Waals surface area contributed by atoms with E-state index in [2.05, 4.69) is 15.1 Å². The summed E-state index contributed by atoms with van der Waals surface area (Å²) in [6.45, 7) is 0.162. The molecule has 2 aliphatic rings. The fourth-order valence-corrected chi connectivity index (χ4v) is 6.17. The highest BCUT2D eigenvalue weighted by Gasteiger charge is 2.50. The van der Waals surface area contributed by atoms with Gasteiger partial charge in [0.15, 0.2) is 5.82 Å². The highest BCUT2D eigenvalue weighted by molar-refractivity contribution is 8.09. The fraction of sp³-hybridized carbons (Fsp3) is 0.160. The number of halogens is 1. The van der Waals surface area contributed by atoms with E-state index in [-0.39, 0.29) is 12.5 Å². The number of benzene rings is 2. The Morgan fingerprint density at radius 3 is 2.66 bits per heavy atom. The smallest absolute Gasteiger partial charge is 0.308 e. The van der Waals surface area contributed by atoms with Crippen LogP contribution in [0.25, 0.3) is 15.7 Å². The molecule has 10 heteroatoms. The second kappa shape index (κ2) is 8.51. The first-order valence-corrected chi connectivity index (χ1v) is 12.2. The van der Waals surface area contributed by atoms with Crippen molar-refractivity contribution in [3.63, 3.8) is 0 Å². The number of anilines is 1. The van der Waals surface area contributed by atoms with E-state index < -0.39 is 17.3 Å². The van der Waals surface area contributed by atoms with Crippen LogP contribution in [0.4, 0.5) is 10.5 Å². The molecule has 3 amide bonds. The summed E-state index contributed by atoms with van der Waals surface area (Å²) in [4.78, 5) is 40.1. The molecule has 174 valence electrons. The molecule has 2 aliphatic heterocycles. The zero-order chi connectivity index (χ0) is 24.1. The molecule has 0 radical (unpaired) electrons. The van der Waals surface area contributed by atoms with E-state index in [1.165, 1.54) is 16.7 Å². The Labute approximate surface area is 210 Å². The molecule has 0 spiro atoms. The quantitative estimate of drug-likeness (QED) is 0.408. The Bertz CT molecular complexity index is 1510. The summed E-state index contributed by atoms with van der Waals surface area (Å²) in [5.41, 5.74) is 1.30. The topological polar surface area (TPSA) is 84.2 Å². The predicted molar refractivity (Wildman–Crippen MR) is 136 cm³/mol. The van der Waals surface area contributed by atoms with Gasteiger partial charge in [0.1, 0.15) is 11.6 Å². The zero-order valence-corrected chi connectivity index (χ0v) is 20.1. The van der Waals surface area contributed by atoms with Gasteiger partial charge < -0.3 is 4.90 Å². The number of urea groups is 1. The molecule has 2 atom stereocenters. The fourth-order valence-electron chi connectivity index (χ4n) is 4.51. The summed E-state index contributed by atoms with van der Waals surface area (Å²) in [5.74, 6) is 0.209. The van der Waals surface area contributed by atoms with Crippen molar-refractivity contribution in [2.45, 2.75) is 17.8 Å². The summed E-state index contributed by atoms with van der Waals surface area (Å²) in [6, 6.07) is 14.2. The zero-order valence-electron chi connectivity index (χ0n) is 18.6. The van der Waals surface area contributed by atoms with Gasteiger partial charge in [0.25, 0.3) is 5.91 Å². The summed E-state index contributed by atoms with van der Waals surface area (Å²) in [6.07, 6.45) is 6.83. The maximum Gasteiger partial charge on any atom is 0.332 e. The minimum Gasteiger partial charge on any atom is -0.308 e. The third-order valence-electron chi connectivity index (χ3n) is 6.13. The largest absolute Gasteiger partial charge is 0.332 e. The van der Waals surface area contributed by atoms with Gasteiger partial charge in [-0.15, -0.1) is 11.8 Å². The number of carbonyl (C=O) groups is 2. The lowest BCUT2D eigenvalue weighted by molar-refractivity contribution is -0.119. The molecule has 4 heterocycles. The van der Waals surface area contributed by atoms with Gasteiger partial charge in [-0.25, -0.2) is 14.7 Å². The minimum atomic E-state index is -0.540. The molecule has 0 N–H and O–H groups in total. The Kier molecular flexibility index (Phi) is 5.31. The average molecular weight is 503 g/mol. The van der Waals surface area contributed by atoms with E-state index in [1.54, 1.807) is 35.4 Å². The van der Waals surface area contributed by atoms with Crippen molar-refractivity contribution in [3.05, 3.63) is 89.7 Å². The average Bonchev–Trinajstić information content (AvgIpc) is 3.49. The molecular formula is C25H19ClN6O2S. The number of imide groups is 1. The molecule has 2 aromatic heterocycles. The number of aryl methyl sites for hydroxylation is 1. The number of amides is 3. The van der Waals surface area contributed by atoms with Gasteiger partial charge in [0.2, 0.25) is 0 Å². The van der Waals surface area contributed by atoms with Crippen LogP contribution in [0, 0.1) is 0 Å². The third-order valence-corrected chi connectivity index (χ3v) is 7.81. The van der Waals surface area contributed by atoms with E-state index in [0.717, 1.165) is 21.2 Å². The molecule has 0 aliphatic carbocycles. The van der Waals surface area contributed by atoms with Crippen molar-refractivity contribution < 1.29 is 9.59 Å². The first-order valence-electron chi connectivity index (χ1n) is 11.0. The molecule has 1 fully saturated rings. The molecule has 4 aromatic rings. The third kappa shape index (κ3) is 3.67. The van der Waals surface area contributed by atoms with Gasteiger partial charge >= 0.3 is 6.03 Å². The standard InChI is InChI=1S/C25H19ClN6O2S/c1-30-14-28-22(29-30)13-31-19-10-21(17-8-4-5-9-18(17)26)35-23(19)24(33)32(25(31)34)20-12-27-11-15-6-2-3-7-16(15)20/h2-12,14,19,23H,13H2,1H3. The minimum absolute atomic E-state index is 0.162. The molecule has 35 heavy (non-hydrogen) atoms. The van der Waals surface area contributed by atoms with Crippen LogP contribution < -0.4 is 4.90 Å². The first kappa shape index (κ1) is 21.8. The highest BCUT2D eigenvalue weighted by Crippen LogP contribution is 2.47. The Morgan fingerprint density at radius 2 is 1.86 bits per heavy atom. The van der Waals surface area contributed by atoms with E-state index >= 15 is 0 Å². The molecule has 2 aromatic carbocycles. The van der Waals surface area contributed by atoms with Crippen LogP contribution in [0.1, 0.15) is 11.4 Å². The molecule has 6 rings (SSSR count). The lowest BCUT2D eigenvalue weighted by Crippen LogP contribution is -2.61. The van der Waals surface area contributed by atoms with Gasteiger partial charge in [-0.2, -0.15) is 5.10 Å². The maximum atomic E-state index is 13.9. The van der Waals surface area contributed by atoms with Gasteiger partial charge in [0, 0.05) is 39.5 Å². The lowest BCUT2D eigenvalue weighted by atomic mass is 10.0. The maximum absolute atomic E-state index is 13.9. The van der Waals surface area contributed by atoms with Crippen LogP contribution in [-0.2, 0) is 18.4 Å². The number of pyridine rings is 1. The first-order chi connectivity index (χ1) is 17.0. The van der Waals surface area contributed by atoms with Gasteiger partial charge in [-0.1, -0.05) is 54.1 Å². The van der Waals surface area contributed by atoms with Gasteiger partial charge in [0.05, 0.1) is 24.5 Å². The monoisotopic (exact) mass is 502 g/mol. The number of nitrogens with zero attached hydrogens (tertiary/aromatic N) is 6. The van der Waals surface area contributed by atoms with Crippen LogP contribution in [0.3, 0.4) is 0 Å². The number of thioether (sulfide) groups is 1. The van der Waals surface area contributed by atoms with E-state index in [9.17, 15) is 9.59 Å². The van der Waals surface area contributed by atoms with Crippen molar-refractivity contribution in [2.24, 2.45) is 7.05 Å². The van der Waals surface area contributed by atoms with Crippen molar-refractivity contribution in [1.29, 1.82) is 0 Å². The van der Waals surface area contributed by atoms with Crippen molar-refractivity contribution in [1.82, 2.24) is 24.6 Å². The number of fused-ring (bicyclic) bond motifs is 2. The number of rotatable bonds is 4. The number of carbonyl (C=O) groups excluding carboxylic acids is 2. The Hall–Kier alpha value is -3.69. The van der Waals surface area contributed by atoms with Crippen LogP contribution in [0.2, 0.25) is 5.02 Å². The number of aromatic nitrogens is 4. The van der Waals surface area contributed by atoms with Gasteiger partial charge in [-0.3, -0.25) is 14.5 Å². The Morgan fingerprint density at radius 1 is 1.06 bits per heavy atom. The molecule has 8 nitrogen and oxygen atoms in total. The second-order valence-corrected chi connectivity index (χ2v) is 9.93. The van der Waals surface area contributed by atoms with Crippen LogP contribution in [0.15, 0.2) is 73.3 Å². The highest BCUT2D eigenvalue weighted by atomic mass is 35.5. The Balaban J connectivity index is 1.46. The summed E-state index contributed by atoms with van der Waals surface area (Å²) < 4.78 is 1.59. The summed E-state index contributed by atoms with van der Waals surface area (Å²) in [7, 11) is 1.77. The van der Waals surface area contributed by atoms with Crippen molar-refractivity contribution >= 4 is 56.7 Å². The second-order valence-electron chi connectivity index (χ2n) is 8.34. The molecule has 2 unspecified atom stereocenters. The van der Waals surface area contributed by atoms with Crippen LogP contribution >= 0.6 is 23.4 Å². The van der Waals surface area contributed by atoms with E-state index in [1.807, 2.05) is 54.6 Å². The lowest BCUT2D eigenvalue weighted by Gasteiger charge is -2.40. The number of hydrogen-bond donors (Lipinski definition) is 0. The molecular weight excluding hydrogens is 484 g/mol. The SMILES string of the molecule is Cn1cnc(CN2C(=O)N(c3cncc4ccccc34)C(=O)C3SC(c4ccccc4Cl)=CC32)n1. The molecule has 0 bridgehead atoms. The molecule has 0 saturated carbocycles. The van der Waals surface area contributed by atoms with E-state index in [0.29, 0.717) is 16.5 Å². The van der Waals surface area contributed by atoms with Crippen molar-refractivity contribution in [2.75, 3.05) is 4.90 Å². The predicted octanol–water partition coefficient (Wildman–Crippen LogP) is 4.51. The van der Waals surface area contributed by atoms with Crippen molar-refractivity contribution in [3.8, 4) is 0 Å². The summed E-state index contributed by atoms with van der Waals surface area (Å²) >= 11 is 7.88. The molecule has 1 saturated heterocycles. The number of hydrogen-bond acceptors (Lipinski definition) is 6. The van der Waals surface area contributed by atoms with Crippen LogP contribution in [-0.4, -0.2) is 47.9 Å². The summed E-state index contributed by atoms with van der Waals surface area (Å²) in [5, 5.41) is 6.04. The van der Waals surface area contributed by atoms with Gasteiger partial charge in [-0.05, 0) is 12.1 Å². The normalized spacial score (nSPS) is 19.9.